The molecular weight excluding hydrogens is 308 g/mol. The molecule has 2 heterocycles. The molecule has 2 saturated heterocycles. The Hall–Kier alpha value is -2.08. The van der Waals surface area contributed by atoms with Crippen molar-refractivity contribution < 1.29 is 19.1 Å². The molecule has 1 unspecified atom stereocenters. The summed E-state index contributed by atoms with van der Waals surface area (Å²) < 4.78 is 10.7. The Kier molecular flexibility index (Phi) is 4.76. The van der Waals surface area contributed by atoms with Gasteiger partial charge >= 0.3 is 0 Å². The second-order valence-corrected chi connectivity index (χ2v) is 6.56. The molecule has 2 fully saturated rings. The van der Waals surface area contributed by atoms with Crippen molar-refractivity contribution in [1.82, 2.24) is 4.90 Å². The number of benzene rings is 1. The van der Waals surface area contributed by atoms with Crippen molar-refractivity contribution in [2.24, 2.45) is 11.7 Å². The van der Waals surface area contributed by atoms with Crippen molar-refractivity contribution in [2.75, 3.05) is 33.4 Å². The fourth-order valence-corrected chi connectivity index (χ4v) is 3.74. The molecular formula is C18H24N2O4. The Bertz CT molecular complexity index is 608. The number of nitrogens with two attached hydrogens (primary N) is 1. The fraction of sp³-hybridized carbons (Fsp3) is 0.556. The van der Waals surface area contributed by atoms with E-state index in [0.29, 0.717) is 45.6 Å². The molecule has 1 aromatic rings. The summed E-state index contributed by atoms with van der Waals surface area (Å²) in [6, 6.07) is 7.69. The largest absolute Gasteiger partial charge is 0.497 e. The normalized spacial score (nSPS) is 23.0. The minimum atomic E-state index is -0.586. The monoisotopic (exact) mass is 332 g/mol. The summed E-state index contributed by atoms with van der Waals surface area (Å²) in [5, 5.41) is 0. The molecule has 3 rings (SSSR count). The number of hydrogen-bond donors (Lipinski definition) is 1. The zero-order valence-corrected chi connectivity index (χ0v) is 14.0. The van der Waals surface area contributed by atoms with E-state index in [-0.39, 0.29) is 17.7 Å². The number of amides is 2. The highest BCUT2D eigenvalue weighted by molar-refractivity contribution is 5.89. The van der Waals surface area contributed by atoms with E-state index < -0.39 is 5.41 Å². The summed E-state index contributed by atoms with van der Waals surface area (Å²) in [6.07, 6.45) is 1.95. The average Bonchev–Trinajstić information content (AvgIpc) is 3.12. The van der Waals surface area contributed by atoms with Crippen LogP contribution in [0.2, 0.25) is 0 Å². The van der Waals surface area contributed by atoms with E-state index in [9.17, 15) is 9.59 Å². The molecule has 0 saturated carbocycles. The summed E-state index contributed by atoms with van der Waals surface area (Å²) in [5.41, 5.74) is 5.80. The first-order valence-corrected chi connectivity index (χ1v) is 8.38. The first kappa shape index (κ1) is 16.8. The van der Waals surface area contributed by atoms with Crippen LogP contribution in [0.4, 0.5) is 0 Å². The van der Waals surface area contributed by atoms with Gasteiger partial charge in [0.2, 0.25) is 11.8 Å². The lowest BCUT2D eigenvalue weighted by Gasteiger charge is -2.39. The Balaban J connectivity index is 1.88. The van der Waals surface area contributed by atoms with E-state index >= 15 is 0 Å². The quantitative estimate of drug-likeness (QED) is 0.894. The third-order valence-electron chi connectivity index (χ3n) is 5.28. The molecule has 1 atom stereocenters. The lowest BCUT2D eigenvalue weighted by atomic mass is 9.73. The van der Waals surface area contributed by atoms with Crippen molar-refractivity contribution in [3.8, 4) is 5.75 Å². The van der Waals surface area contributed by atoms with Gasteiger partial charge in [-0.15, -0.1) is 0 Å². The SMILES string of the molecule is COc1ccc(C2(C(=O)N3CCC(C(N)=O)C3)CCOCC2)cc1. The molecule has 0 spiro atoms. The molecule has 24 heavy (non-hydrogen) atoms. The molecule has 0 aromatic heterocycles. The highest BCUT2D eigenvalue weighted by Gasteiger charge is 2.45. The van der Waals surface area contributed by atoms with E-state index in [2.05, 4.69) is 0 Å². The Morgan fingerprint density at radius 2 is 1.92 bits per heavy atom. The Labute approximate surface area is 141 Å². The van der Waals surface area contributed by atoms with E-state index in [1.54, 1.807) is 12.0 Å². The smallest absolute Gasteiger partial charge is 0.233 e. The maximum absolute atomic E-state index is 13.3. The van der Waals surface area contributed by atoms with Gasteiger partial charge in [0.05, 0.1) is 18.4 Å². The van der Waals surface area contributed by atoms with Gasteiger partial charge in [-0.1, -0.05) is 12.1 Å². The lowest BCUT2D eigenvalue weighted by Crippen LogP contribution is -2.49. The van der Waals surface area contributed by atoms with Crippen LogP contribution in [0.5, 0.6) is 5.75 Å². The number of hydrogen-bond acceptors (Lipinski definition) is 4. The van der Waals surface area contributed by atoms with Crippen LogP contribution in [0.1, 0.15) is 24.8 Å². The number of methoxy groups -OCH3 is 1. The Morgan fingerprint density at radius 3 is 2.46 bits per heavy atom. The lowest BCUT2D eigenvalue weighted by molar-refractivity contribution is -0.140. The van der Waals surface area contributed by atoms with Crippen LogP contribution < -0.4 is 10.5 Å². The van der Waals surface area contributed by atoms with Gasteiger partial charge in [0, 0.05) is 26.3 Å². The third kappa shape index (κ3) is 2.98. The number of rotatable bonds is 4. The van der Waals surface area contributed by atoms with Crippen molar-refractivity contribution in [1.29, 1.82) is 0 Å². The van der Waals surface area contributed by atoms with Crippen LogP contribution in [-0.4, -0.2) is 50.1 Å². The van der Waals surface area contributed by atoms with Gasteiger partial charge in [-0.25, -0.2) is 0 Å². The second kappa shape index (κ2) is 6.81. The summed E-state index contributed by atoms with van der Waals surface area (Å²) in [6.45, 7) is 2.13. The number of carbonyl (C=O) groups excluding carboxylic acids is 2. The van der Waals surface area contributed by atoms with E-state index in [1.165, 1.54) is 0 Å². The molecule has 2 aliphatic heterocycles. The highest BCUT2D eigenvalue weighted by atomic mass is 16.5. The van der Waals surface area contributed by atoms with Crippen LogP contribution in [-0.2, 0) is 19.7 Å². The number of ether oxygens (including phenoxy) is 2. The van der Waals surface area contributed by atoms with Crippen LogP contribution in [0.3, 0.4) is 0 Å². The first-order chi connectivity index (χ1) is 11.6. The maximum Gasteiger partial charge on any atom is 0.233 e. The van der Waals surface area contributed by atoms with Gasteiger partial charge in [0.1, 0.15) is 5.75 Å². The van der Waals surface area contributed by atoms with Gasteiger partial charge < -0.3 is 20.1 Å². The van der Waals surface area contributed by atoms with E-state index in [4.69, 9.17) is 15.2 Å². The molecule has 6 heteroatoms. The van der Waals surface area contributed by atoms with Crippen LogP contribution in [0.15, 0.2) is 24.3 Å². The van der Waals surface area contributed by atoms with Crippen LogP contribution >= 0.6 is 0 Å². The van der Waals surface area contributed by atoms with Gasteiger partial charge in [-0.2, -0.15) is 0 Å². The molecule has 0 radical (unpaired) electrons. The Morgan fingerprint density at radius 1 is 1.25 bits per heavy atom. The second-order valence-electron chi connectivity index (χ2n) is 6.56. The minimum Gasteiger partial charge on any atom is -0.497 e. The zero-order chi connectivity index (χ0) is 17.2. The number of primary amides is 1. The standard InChI is InChI=1S/C18H24N2O4/c1-23-15-4-2-14(3-5-15)18(7-10-24-11-8-18)17(22)20-9-6-13(12-20)16(19)21/h2-5,13H,6-12H2,1H3,(H2,19,21). The summed E-state index contributed by atoms with van der Waals surface area (Å²) in [5.74, 6) is 0.292. The van der Waals surface area contributed by atoms with E-state index in [1.807, 2.05) is 24.3 Å². The molecule has 6 nitrogen and oxygen atoms in total. The summed E-state index contributed by atoms with van der Waals surface area (Å²) in [7, 11) is 1.62. The van der Waals surface area contributed by atoms with Crippen LogP contribution in [0.25, 0.3) is 0 Å². The zero-order valence-electron chi connectivity index (χ0n) is 14.0. The topological polar surface area (TPSA) is 81.9 Å². The number of likely N-dealkylation sites (tertiary alicyclic amines) is 1. The maximum atomic E-state index is 13.3. The number of nitrogens with zero attached hydrogens (tertiary/aromatic N) is 1. The van der Waals surface area contributed by atoms with Gasteiger partial charge in [-0.3, -0.25) is 9.59 Å². The molecule has 2 amide bonds. The van der Waals surface area contributed by atoms with Gasteiger partial charge in [0.15, 0.2) is 0 Å². The molecule has 2 N–H and O–H groups in total. The predicted octanol–water partition coefficient (Wildman–Crippen LogP) is 1.08. The minimum absolute atomic E-state index is 0.0831. The van der Waals surface area contributed by atoms with Crippen LogP contribution in [0, 0.1) is 5.92 Å². The predicted molar refractivity (Wildman–Crippen MR) is 88.6 cm³/mol. The third-order valence-corrected chi connectivity index (χ3v) is 5.28. The van der Waals surface area contributed by atoms with E-state index in [0.717, 1.165) is 11.3 Å². The number of carbonyl (C=O) groups is 2. The van der Waals surface area contributed by atoms with Crippen molar-refractivity contribution in [2.45, 2.75) is 24.7 Å². The molecule has 0 bridgehead atoms. The van der Waals surface area contributed by atoms with Crippen molar-refractivity contribution >= 4 is 11.8 Å². The fourth-order valence-electron chi connectivity index (χ4n) is 3.74. The van der Waals surface area contributed by atoms with Gasteiger partial charge in [-0.05, 0) is 37.0 Å². The molecule has 130 valence electrons. The van der Waals surface area contributed by atoms with Crippen molar-refractivity contribution in [3.63, 3.8) is 0 Å². The highest BCUT2D eigenvalue weighted by Crippen LogP contribution is 2.38. The molecule has 0 aliphatic carbocycles. The summed E-state index contributed by atoms with van der Waals surface area (Å²) >= 11 is 0. The molecule has 1 aromatic carbocycles. The first-order valence-electron chi connectivity index (χ1n) is 8.38. The average molecular weight is 332 g/mol. The molecule has 2 aliphatic rings. The van der Waals surface area contributed by atoms with Gasteiger partial charge in [0.25, 0.3) is 0 Å². The van der Waals surface area contributed by atoms with Crippen molar-refractivity contribution in [3.05, 3.63) is 29.8 Å². The summed E-state index contributed by atoms with van der Waals surface area (Å²) in [4.78, 5) is 26.5.